The highest BCUT2D eigenvalue weighted by Crippen LogP contribution is 2.09. The molecule has 1 N–H and O–H groups in total. The molecule has 0 aliphatic carbocycles. The summed E-state index contributed by atoms with van der Waals surface area (Å²) in [6.45, 7) is 12.3. The second-order valence-corrected chi connectivity index (χ2v) is 8.68. The van der Waals surface area contributed by atoms with E-state index in [1.807, 2.05) is 20.8 Å². The molecule has 0 spiro atoms. The molecule has 0 bridgehead atoms. The van der Waals surface area contributed by atoms with Crippen molar-refractivity contribution in [2.24, 2.45) is 0 Å². The lowest BCUT2D eigenvalue weighted by Gasteiger charge is -2.24. The van der Waals surface area contributed by atoms with Crippen LogP contribution in [-0.4, -0.2) is 90.6 Å². The maximum Gasteiger partial charge on any atom is 0.410 e. The molecule has 0 heterocycles. The average molecular weight is 507 g/mol. The van der Waals surface area contributed by atoms with Crippen molar-refractivity contribution in [1.82, 2.24) is 9.80 Å². The molecule has 0 radical (unpaired) electrons. The Bertz CT molecular complexity index is 571. The number of aliphatic hydroxyl groups excluding tert-OH is 1. The Labute approximate surface area is 196 Å². The van der Waals surface area contributed by atoms with Gasteiger partial charge in [0, 0.05) is 27.2 Å². The molecular formula is C22H39BrN2O6. The van der Waals surface area contributed by atoms with Crippen molar-refractivity contribution in [1.29, 1.82) is 0 Å². The number of carbonyl (C=O) groups is 2. The van der Waals surface area contributed by atoms with E-state index in [9.17, 15) is 9.59 Å². The highest BCUT2D eigenvalue weighted by Gasteiger charge is 2.19. The van der Waals surface area contributed by atoms with E-state index in [2.05, 4.69) is 27.8 Å². The predicted octanol–water partition coefficient (Wildman–Crippen LogP) is 3.36. The summed E-state index contributed by atoms with van der Waals surface area (Å²) in [5.74, 6) is 4.70. The van der Waals surface area contributed by atoms with E-state index >= 15 is 0 Å². The topological polar surface area (TPSA) is 88.5 Å². The standard InChI is InChI=1S/C11H19NO3.C8H17NO3.C3H3Br/c1-6-8-14-9-7-12(5)10(13)15-11(2,3)4;1-8(2,3)12-7(11)9(4)5-6-10;1-2-3-4/h1H,7-9H2,2-5H3;10H,5-6H2,1-4H3;1H,3H2. The lowest BCUT2D eigenvalue weighted by Crippen LogP contribution is -2.36. The first-order valence-corrected chi connectivity index (χ1v) is 10.8. The Morgan fingerprint density at radius 1 is 0.903 bits per heavy atom. The van der Waals surface area contributed by atoms with Crippen molar-refractivity contribution in [3.63, 3.8) is 0 Å². The molecule has 31 heavy (non-hydrogen) atoms. The Kier molecular flexibility index (Phi) is 20.4. The van der Waals surface area contributed by atoms with Crippen molar-refractivity contribution < 1.29 is 28.9 Å². The maximum atomic E-state index is 11.4. The number of likely N-dealkylation sites (N-methyl/N-ethyl adjacent to an activating group) is 2. The van der Waals surface area contributed by atoms with Crippen molar-refractivity contribution in [3.8, 4) is 24.7 Å². The van der Waals surface area contributed by atoms with Gasteiger partial charge < -0.3 is 29.1 Å². The van der Waals surface area contributed by atoms with E-state index in [4.69, 9.17) is 32.2 Å². The highest BCUT2D eigenvalue weighted by atomic mass is 79.9. The SMILES string of the molecule is C#CCBr.C#CCOCCN(C)C(=O)OC(C)(C)C.CN(CCO)C(=O)OC(C)(C)C. The van der Waals surface area contributed by atoms with Crippen molar-refractivity contribution in [3.05, 3.63) is 0 Å². The van der Waals surface area contributed by atoms with Gasteiger partial charge in [0.25, 0.3) is 0 Å². The summed E-state index contributed by atoms with van der Waals surface area (Å²) in [5.41, 5.74) is -0.939. The third-order valence-corrected chi connectivity index (χ3v) is 3.00. The molecule has 0 aromatic heterocycles. The summed E-state index contributed by atoms with van der Waals surface area (Å²) in [6, 6.07) is 0. The molecule has 9 heteroatoms. The Morgan fingerprint density at radius 3 is 1.58 bits per heavy atom. The number of hydrogen-bond donors (Lipinski definition) is 1. The van der Waals surface area contributed by atoms with E-state index in [1.54, 1.807) is 34.9 Å². The minimum absolute atomic E-state index is 0.0459. The summed E-state index contributed by atoms with van der Waals surface area (Å²) in [4.78, 5) is 25.4. The van der Waals surface area contributed by atoms with Crippen molar-refractivity contribution >= 4 is 28.1 Å². The highest BCUT2D eigenvalue weighted by molar-refractivity contribution is 9.09. The number of terminal acetylenes is 2. The number of amides is 2. The number of rotatable bonds is 6. The third kappa shape index (κ3) is 28.1. The first-order valence-electron chi connectivity index (χ1n) is 9.64. The molecule has 0 fully saturated rings. The molecule has 2 amide bonds. The van der Waals surface area contributed by atoms with Crippen LogP contribution in [0.25, 0.3) is 0 Å². The summed E-state index contributed by atoms with van der Waals surface area (Å²) >= 11 is 3.01. The fraction of sp³-hybridized carbons (Fsp3) is 0.727. The molecule has 0 aliphatic rings. The van der Waals surface area contributed by atoms with Crippen LogP contribution in [0, 0.1) is 24.7 Å². The molecule has 0 saturated heterocycles. The predicted molar refractivity (Wildman–Crippen MR) is 127 cm³/mol. The van der Waals surface area contributed by atoms with E-state index in [1.165, 1.54) is 9.80 Å². The van der Waals surface area contributed by atoms with Gasteiger partial charge in [-0.1, -0.05) is 27.8 Å². The van der Waals surface area contributed by atoms with E-state index in [0.29, 0.717) is 25.0 Å². The molecule has 0 aliphatic heterocycles. The lowest BCUT2D eigenvalue weighted by atomic mass is 10.2. The molecule has 8 nitrogen and oxygen atoms in total. The van der Waals surface area contributed by atoms with Gasteiger partial charge in [0.2, 0.25) is 0 Å². The van der Waals surface area contributed by atoms with Crippen LogP contribution >= 0.6 is 15.9 Å². The molecule has 0 unspecified atom stereocenters. The van der Waals surface area contributed by atoms with E-state index in [-0.39, 0.29) is 19.3 Å². The van der Waals surface area contributed by atoms with Gasteiger partial charge in [-0.15, -0.1) is 12.8 Å². The fourth-order valence-corrected chi connectivity index (χ4v) is 1.34. The number of nitrogens with zero attached hydrogens (tertiary/aromatic N) is 2. The number of aliphatic hydroxyl groups is 1. The van der Waals surface area contributed by atoms with Crippen molar-refractivity contribution in [2.75, 3.05) is 52.3 Å². The summed E-state index contributed by atoms with van der Waals surface area (Å²) in [5, 5.41) is 9.19. The zero-order valence-corrected chi connectivity index (χ0v) is 21.7. The first kappa shape index (κ1) is 33.7. The number of hydrogen-bond acceptors (Lipinski definition) is 6. The average Bonchev–Trinajstić information content (AvgIpc) is 2.63. The molecule has 0 atom stereocenters. The smallest absolute Gasteiger partial charge is 0.410 e. The van der Waals surface area contributed by atoms with Gasteiger partial charge in [0.15, 0.2) is 0 Å². The van der Waals surface area contributed by atoms with E-state index in [0.717, 1.165) is 0 Å². The Hall–Kier alpha value is -1.94. The monoisotopic (exact) mass is 506 g/mol. The van der Waals surface area contributed by atoms with Gasteiger partial charge in [-0.2, -0.15) is 0 Å². The minimum atomic E-state index is -0.471. The van der Waals surface area contributed by atoms with Crippen LogP contribution in [0.5, 0.6) is 0 Å². The van der Waals surface area contributed by atoms with Crippen LogP contribution in [0.15, 0.2) is 0 Å². The zero-order valence-electron chi connectivity index (χ0n) is 20.2. The molecule has 0 aromatic rings. The number of ether oxygens (including phenoxy) is 3. The zero-order chi connectivity index (χ0) is 25.1. The summed E-state index contributed by atoms with van der Waals surface area (Å²) < 4.78 is 15.2. The Morgan fingerprint density at radius 2 is 1.29 bits per heavy atom. The summed E-state index contributed by atoms with van der Waals surface area (Å²) in [7, 11) is 3.25. The molecular weight excluding hydrogens is 468 g/mol. The molecule has 180 valence electrons. The second kappa shape index (κ2) is 18.8. The normalized spacial score (nSPS) is 10.1. The fourth-order valence-electron chi connectivity index (χ4n) is 1.34. The van der Waals surface area contributed by atoms with Crippen molar-refractivity contribution in [2.45, 2.75) is 52.7 Å². The van der Waals surface area contributed by atoms with Gasteiger partial charge in [-0.25, -0.2) is 9.59 Å². The number of halogens is 1. The minimum Gasteiger partial charge on any atom is -0.444 e. The van der Waals surface area contributed by atoms with Crippen LogP contribution < -0.4 is 0 Å². The van der Waals surface area contributed by atoms with Crippen LogP contribution in [0.1, 0.15) is 41.5 Å². The first-order chi connectivity index (χ1) is 14.1. The third-order valence-electron chi connectivity index (χ3n) is 2.68. The quantitative estimate of drug-likeness (QED) is 0.337. The second-order valence-electron chi connectivity index (χ2n) is 8.12. The largest absolute Gasteiger partial charge is 0.444 e. The number of carbonyl (C=O) groups excluding carboxylic acids is 2. The van der Waals surface area contributed by atoms with Crippen LogP contribution in [-0.2, 0) is 14.2 Å². The molecule has 0 rings (SSSR count). The lowest BCUT2D eigenvalue weighted by molar-refractivity contribution is 0.0243. The Balaban J connectivity index is -0.000000438. The van der Waals surface area contributed by atoms with Crippen LogP contribution in [0.2, 0.25) is 0 Å². The summed E-state index contributed by atoms with van der Waals surface area (Å²) in [6.07, 6.45) is 8.98. The molecule has 0 aromatic carbocycles. The van der Waals surface area contributed by atoms with E-state index < -0.39 is 17.3 Å². The van der Waals surface area contributed by atoms with Gasteiger partial charge >= 0.3 is 12.2 Å². The maximum absolute atomic E-state index is 11.4. The number of alkyl halides is 1. The van der Waals surface area contributed by atoms with Crippen LogP contribution in [0.4, 0.5) is 9.59 Å². The van der Waals surface area contributed by atoms with Gasteiger partial charge in [0.05, 0.1) is 18.5 Å². The van der Waals surface area contributed by atoms with Gasteiger partial charge in [-0.3, -0.25) is 0 Å². The van der Waals surface area contributed by atoms with Gasteiger partial charge in [0.1, 0.15) is 17.8 Å². The van der Waals surface area contributed by atoms with Crippen LogP contribution in [0.3, 0.4) is 0 Å². The van der Waals surface area contributed by atoms with Gasteiger partial charge in [-0.05, 0) is 41.5 Å². The molecule has 0 saturated carbocycles.